The Bertz CT molecular complexity index is 225. The van der Waals surface area contributed by atoms with Gasteiger partial charge in [-0.2, -0.15) is 0 Å². The van der Waals surface area contributed by atoms with Crippen LogP contribution in [0.5, 0.6) is 0 Å². The number of ketones is 1. The molecule has 1 rings (SSSR count). The molecule has 1 aliphatic heterocycles. The monoisotopic (exact) mass is 195 g/mol. The van der Waals surface area contributed by atoms with Crippen molar-refractivity contribution in [1.29, 1.82) is 0 Å². The van der Waals surface area contributed by atoms with E-state index in [1.807, 2.05) is 12.3 Å². The molecule has 1 aliphatic rings. The zero-order valence-corrected chi connectivity index (χ0v) is 8.82. The summed E-state index contributed by atoms with van der Waals surface area (Å²) in [5, 5.41) is 0. The fourth-order valence-corrected chi connectivity index (χ4v) is 1.48. The van der Waals surface area contributed by atoms with Crippen molar-refractivity contribution in [2.24, 2.45) is 0 Å². The number of carbonyl (C=O) groups is 2. The Kier molecular flexibility index (Phi) is 4.13. The number of carbonyl (C=O) groups excluding carboxylic acids is 2. The van der Waals surface area contributed by atoms with Gasteiger partial charge in [0.2, 0.25) is 13.3 Å². The maximum absolute atomic E-state index is 11.0. The first kappa shape index (κ1) is 11.2. The molecule has 1 heterocycles. The van der Waals surface area contributed by atoms with Crippen LogP contribution in [0.1, 0.15) is 13.8 Å². The molecule has 0 unspecified atom stereocenters. The molecule has 0 aromatic rings. The van der Waals surface area contributed by atoms with Crippen LogP contribution in [-0.4, -0.2) is 55.0 Å². The highest BCUT2D eigenvalue weighted by Gasteiger charge is 2.18. The SMILES string of the molecule is CC(=O)C[B]N1CCN(C(C)=O)CC1. The van der Waals surface area contributed by atoms with Gasteiger partial charge < -0.3 is 14.5 Å². The summed E-state index contributed by atoms with van der Waals surface area (Å²) in [6, 6.07) is 0. The van der Waals surface area contributed by atoms with E-state index in [2.05, 4.69) is 4.81 Å². The van der Waals surface area contributed by atoms with Crippen LogP contribution in [0.4, 0.5) is 0 Å². The second-order valence-electron chi connectivity index (χ2n) is 3.63. The van der Waals surface area contributed by atoms with Gasteiger partial charge in [0.15, 0.2) is 0 Å². The maximum atomic E-state index is 11.0. The summed E-state index contributed by atoms with van der Waals surface area (Å²) in [4.78, 5) is 25.7. The third kappa shape index (κ3) is 3.50. The summed E-state index contributed by atoms with van der Waals surface area (Å²) in [6.07, 6.45) is 0.500. The molecule has 1 fully saturated rings. The van der Waals surface area contributed by atoms with Crippen molar-refractivity contribution in [3.8, 4) is 0 Å². The summed E-state index contributed by atoms with van der Waals surface area (Å²) in [6.45, 7) is 6.39. The molecule has 5 heteroatoms. The average molecular weight is 195 g/mol. The third-order valence-electron chi connectivity index (χ3n) is 2.40. The molecule has 0 bridgehead atoms. The number of nitrogens with zero attached hydrogens (tertiary/aromatic N) is 2. The number of piperazine rings is 1. The molecule has 0 spiro atoms. The predicted octanol–water partition coefficient (Wildman–Crippen LogP) is -0.223. The molecule has 77 valence electrons. The molecule has 0 saturated carbocycles. The van der Waals surface area contributed by atoms with Crippen LogP contribution in [-0.2, 0) is 9.59 Å². The molecule has 0 aromatic heterocycles. The Morgan fingerprint density at radius 2 is 1.71 bits per heavy atom. The fourth-order valence-electron chi connectivity index (χ4n) is 1.48. The van der Waals surface area contributed by atoms with Crippen LogP contribution in [0, 0.1) is 0 Å². The predicted molar refractivity (Wildman–Crippen MR) is 55.1 cm³/mol. The first-order chi connectivity index (χ1) is 6.59. The first-order valence-corrected chi connectivity index (χ1v) is 4.92. The van der Waals surface area contributed by atoms with E-state index in [0.717, 1.165) is 26.2 Å². The highest BCUT2D eigenvalue weighted by atomic mass is 16.2. The van der Waals surface area contributed by atoms with Gasteiger partial charge in [-0.1, -0.05) is 0 Å². The Hall–Kier alpha value is -0.835. The second-order valence-corrected chi connectivity index (χ2v) is 3.63. The summed E-state index contributed by atoms with van der Waals surface area (Å²) in [5.74, 6) is 0.315. The zero-order chi connectivity index (χ0) is 10.6. The van der Waals surface area contributed by atoms with Gasteiger partial charge in [0.25, 0.3) is 0 Å². The van der Waals surface area contributed by atoms with Gasteiger partial charge in [0, 0.05) is 33.1 Å². The van der Waals surface area contributed by atoms with Crippen LogP contribution < -0.4 is 0 Å². The summed E-state index contributed by atoms with van der Waals surface area (Å²) < 4.78 is 0. The van der Waals surface area contributed by atoms with Crippen molar-refractivity contribution in [1.82, 2.24) is 9.71 Å². The van der Waals surface area contributed by atoms with Crippen LogP contribution in [0.25, 0.3) is 0 Å². The smallest absolute Gasteiger partial charge is 0.219 e. The normalized spacial score (nSPS) is 18.0. The van der Waals surface area contributed by atoms with E-state index in [0.29, 0.717) is 6.32 Å². The quantitative estimate of drug-likeness (QED) is 0.584. The molecule has 1 saturated heterocycles. The standard InChI is InChI=1S/C9H16BN2O2/c1-8(13)7-10-12-5-3-11(4-6-12)9(2)14/h3-7H2,1-2H3. The largest absolute Gasteiger partial charge is 0.343 e. The lowest BCUT2D eigenvalue weighted by atomic mass is 9.83. The van der Waals surface area contributed by atoms with Crippen molar-refractivity contribution in [3.63, 3.8) is 0 Å². The summed E-state index contributed by atoms with van der Waals surface area (Å²) in [7, 11) is 1.93. The Labute approximate surface area is 85.5 Å². The highest BCUT2D eigenvalue weighted by Crippen LogP contribution is 2.01. The Morgan fingerprint density at radius 1 is 1.14 bits per heavy atom. The molecule has 1 radical (unpaired) electrons. The van der Waals surface area contributed by atoms with E-state index in [9.17, 15) is 9.59 Å². The molecule has 0 aromatic carbocycles. The molecule has 1 amide bonds. The lowest BCUT2D eigenvalue weighted by Gasteiger charge is -2.33. The fraction of sp³-hybridized carbons (Fsp3) is 0.778. The number of hydrogen-bond acceptors (Lipinski definition) is 3. The van der Waals surface area contributed by atoms with Crippen LogP contribution in [0.15, 0.2) is 0 Å². The van der Waals surface area contributed by atoms with E-state index in [-0.39, 0.29) is 11.7 Å². The van der Waals surface area contributed by atoms with Crippen molar-refractivity contribution < 1.29 is 9.59 Å². The summed E-state index contributed by atoms with van der Waals surface area (Å²) >= 11 is 0. The minimum absolute atomic E-state index is 0.135. The van der Waals surface area contributed by atoms with Crippen molar-refractivity contribution in [3.05, 3.63) is 0 Å². The molecule has 0 N–H and O–H groups in total. The van der Waals surface area contributed by atoms with E-state index in [1.54, 1.807) is 13.8 Å². The topological polar surface area (TPSA) is 40.6 Å². The van der Waals surface area contributed by atoms with Crippen molar-refractivity contribution in [2.45, 2.75) is 20.2 Å². The van der Waals surface area contributed by atoms with E-state index in [4.69, 9.17) is 0 Å². The van der Waals surface area contributed by atoms with Gasteiger partial charge in [-0.3, -0.25) is 4.79 Å². The zero-order valence-electron chi connectivity index (χ0n) is 8.82. The molecule has 4 nitrogen and oxygen atoms in total. The minimum Gasteiger partial charge on any atom is -0.343 e. The molecular weight excluding hydrogens is 179 g/mol. The highest BCUT2D eigenvalue weighted by molar-refractivity contribution is 6.38. The lowest BCUT2D eigenvalue weighted by molar-refractivity contribution is -0.130. The second kappa shape index (κ2) is 5.15. The summed E-state index contributed by atoms with van der Waals surface area (Å²) in [5.41, 5.74) is 0. The van der Waals surface area contributed by atoms with E-state index in [1.165, 1.54) is 0 Å². The molecule has 14 heavy (non-hydrogen) atoms. The number of amides is 1. The van der Waals surface area contributed by atoms with Crippen molar-refractivity contribution in [2.75, 3.05) is 26.2 Å². The van der Waals surface area contributed by atoms with Gasteiger partial charge in [-0.15, -0.1) is 0 Å². The van der Waals surface area contributed by atoms with Crippen molar-refractivity contribution >= 4 is 19.1 Å². The van der Waals surface area contributed by atoms with Gasteiger partial charge in [0.1, 0.15) is 5.78 Å². The van der Waals surface area contributed by atoms with Gasteiger partial charge in [-0.25, -0.2) is 0 Å². The average Bonchev–Trinajstić information content (AvgIpc) is 2.15. The van der Waals surface area contributed by atoms with E-state index < -0.39 is 0 Å². The maximum Gasteiger partial charge on any atom is 0.219 e. The van der Waals surface area contributed by atoms with E-state index >= 15 is 0 Å². The van der Waals surface area contributed by atoms with Gasteiger partial charge in [0.05, 0.1) is 0 Å². The van der Waals surface area contributed by atoms with Crippen LogP contribution in [0.3, 0.4) is 0 Å². The number of hydrogen-bond donors (Lipinski definition) is 0. The van der Waals surface area contributed by atoms with Gasteiger partial charge in [-0.05, 0) is 13.2 Å². The molecular formula is C9H16BN2O2. The first-order valence-electron chi connectivity index (χ1n) is 4.92. The minimum atomic E-state index is 0.135. The Morgan fingerprint density at radius 3 is 2.14 bits per heavy atom. The third-order valence-corrected chi connectivity index (χ3v) is 2.40. The Balaban J connectivity index is 2.22. The number of rotatable bonds is 3. The van der Waals surface area contributed by atoms with Crippen LogP contribution in [0.2, 0.25) is 6.32 Å². The number of Topliss-reactive ketones (excluding diaryl/α,β-unsaturated/α-hetero) is 1. The molecule has 0 aliphatic carbocycles. The molecule has 0 atom stereocenters. The lowest BCUT2D eigenvalue weighted by Crippen LogP contribution is -2.49. The van der Waals surface area contributed by atoms with Crippen LogP contribution >= 0.6 is 0 Å². The van der Waals surface area contributed by atoms with Gasteiger partial charge >= 0.3 is 0 Å².